The highest BCUT2D eigenvalue weighted by Crippen LogP contribution is 2.35. The molecule has 3 heterocycles. The van der Waals surface area contributed by atoms with Gasteiger partial charge in [0.25, 0.3) is 0 Å². The summed E-state index contributed by atoms with van der Waals surface area (Å²) in [5.74, 6) is 5.76. The summed E-state index contributed by atoms with van der Waals surface area (Å²) in [6, 6.07) is 11.8. The van der Waals surface area contributed by atoms with E-state index in [1.165, 1.54) is 0 Å². The number of nitrogens with two attached hydrogens (primary N) is 1. The Morgan fingerprint density at radius 3 is 2.53 bits per heavy atom. The molecule has 0 radical (unpaired) electrons. The van der Waals surface area contributed by atoms with Crippen LogP contribution in [0.5, 0.6) is 0 Å². The van der Waals surface area contributed by atoms with Gasteiger partial charge in [0.15, 0.2) is 0 Å². The molecule has 3 aromatic heterocycles. The number of hydrogen-bond acceptors (Lipinski definition) is 4. The zero-order valence-corrected chi connectivity index (χ0v) is 17.1. The van der Waals surface area contributed by atoms with Gasteiger partial charge in [0.05, 0.1) is 35.1 Å². The van der Waals surface area contributed by atoms with Crippen molar-refractivity contribution in [3.63, 3.8) is 0 Å². The maximum Gasteiger partial charge on any atom is 0.248 e. The SMILES string of the molecule is C=C(C(N)=O)c1ccc(C#Cc2cc(-c3cnn(C4CC4)c3)cn3ncc(C#N)c23)cc1. The number of nitrogens with zero attached hydrogens (tertiary/aromatic N) is 5. The lowest BCUT2D eigenvalue weighted by atomic mass is 10.0. The van der Waals surface area contributed by atoms with Crippen molar-refractivity contribution >= 4 is 17.0 Å². The molecule has 5 rings (SSSR count). The number of primary amides is 1. The normalized spacial score (nSPS) is 12.7. The van der Waals surface area contributed by atoms with Crippen LogP contribution in [0.2, 0.25) is 0 Å². The van der Waals surface area contributed by atoms with Gasteiger partial charge in [-0.3, -0.25) is 9.48 Å². The first-order chi connectivity index (χ1) is 15.5. The van der Waals surface area contributed by atoms with E-state index in [0.717, 1.165) is 29.5 Å². The fraction of sp³-hybridized carbons (Fsp3) is 0.120. The Hall–Kier alpha value is -4.62. The van der Waals surface area contributed by atoms with Crippen molar-refractivity contribution in [2.45, 2.75) is 18.9 Å². The molecule has 2 N–H and O–H groups in total. The van der Waals surface area contributed by atoms with Crippen LogP contribution >= 0.6 is 0 Å². The smallest absolute Gasteiger partial charge is 0.248 e. The molecule has 1 fully saturated rings. The molecule has 1 aromatic carbocycles. The summed E-state index contributed by atoms with van der Waals surface area (Å²) in [6.45, 7) is 3.69. The molecule has 4 aromatic rings. The number of rotatable bonds is 4. The van der Waals surface area contributed by atoms with Gasteiger partial charge in [0.2, 0.25) is 5.91 Å². The molecule has 0 aliphatic heterocycles. The topological polar surface area (TPSA) is 102 Å². The van der Waals surface area contributed by atoms with Crippen LogP contribution in [0.25, 0.3) is 22.2 Å². The zero-order chi connectivity index (χ0) is 22.2. The summed E-state index contributed by atoms with van der Waals surface area (Å²) >= 11 is 0. The molecule has 7 heteroatoms. The van der Waals surface area contributed by atoms with Gasteiger partial charge >= 0.3 is 0 Å². The van der Waals surface area contributed by atoms with Gasteiger partial charge in [0, 0.05) is 34.7 Å². The molecule has 0 atom stereocenters. The van der Waals surface area contributed by atoms with Crippen LogP contribution in [-0.4, -0.2) is 25.3 Å². The minimum atomic E-state index is -0.558. The minimum Gasteiger partial charge on any atom is -0.366 e. The lowest BCUT2D eigenvalue weighted by molar-refractivity contribution is -0.112. The first kappa shape index (κ1) is 19.3. The maximum absolute atomic E-state index is 11.3. The van der Waals surface area contributed by atoms with E-state index >= 15 is 0 Å². The number of carbonyl (C=O) groups is 1. The largest absolute Gasteiger partial charge is 0.366 e. The maximum atomic E-state index is 11.3. The Bertz CT molecular complexity index is 1480. The molecular formula is C25H18N6O. The van der Waals surface area contributed by atoms with Crippen LogP contribution in [0.15, 0.2) is 61.7 Å². The van der Waals surface area contributed by atoms with E-state index in [4.69, 9.17) is 5.73 Å². The summed E-state index contributed by atoms with van der Waals surface area (Å²) in [5.41, 5.74) is 10.7. The van der Waals surface area contributed by atoms with Gasteiger partial charge in [-0.1, -0.05) is 30.6 Å². The molecule has 154 valence electrons. The second kappa shape index (κ2) is 7.57. The first-order valence-corrected chi connectivity index (χ1v) is 10.1. The van der Waals surface area contributed by atoms with Gasteiger partial charge in [-0.05, 0) is 36.6 Å². The van der Waals surface area contributed by atoms with Crippen LogP contribution < -0.4 is 5.73 Å². The lowest BCUT2D eigenvalue weighted by Gasteiger charge is -2.04. The molecule has 32 heavy (non-hydrogen) atoms. The standard InChI is InChI=1S/C25H18N6O/c1-16(25(27)32)18-5-2-17(3-6-18)4-7-19-10-20(14-31-24(19)21(11-26)12-29-31)22-13-28-30(15-22)23-8-9-23/h2-3,5-6,10,12-15,23H,1,8-9H2,(H2,27,32). The third-order valence-electron chi connectivity index (χ3n) is 5.46. The van der Waals surface area contributed by atoms with Crippen molar-refractivity contribution in [1.82, 2.24) is 19.4 Å². The van der Waals surface area contributed by atoms with Crippen molar-refractivity contribution < 1.29 is 4.79 Å². The van der Waals surface area contributed by atoms with Gasteiger partial charge in [-0.15, -0.1) is 0 Å². The van der Waals surface area contributed by atoms with Crippen LogP contribution in [0.3, 0.4) is 0 Å². The van der Waals surface area contributed by atoms with Crippen molar-refractivity contribution in [2.75, 3.05) is 0 Å². The predicted molar refractivity (Wildman–Crippen MR) is 120 cm³/mol. The highest BCUT2D eigenvalue weighted by atomic mass is 16.1. The van der Waals surface area contributed by atoms with E-state index in [9.17, 15) is 10.1 Å². The molecule has 0 saturated heterocycles. The molecule has 1 aliphatic rings. The van der Waals surface area contributed by atoms with E-state index in [1.54, 1.807) is 35.0 Å². The number of aromatic nitrogens is 4. The average Bonchev–Trinajstić information content (AvgIpc) is 3.38. The monoisotopic (exact) mass is 418 g/mol. The Kier molecular flexibility index (Phi) is 4.58. The second-order valence-electron chi connectivity index (χ2n) is 7.72. The van der Waals surface area contributed by atoms with Crippen LogP contribution in [0.4, 0.5) is 0 Å². The summed E-state index contributed by atoms with van der Waals surface area (Å²) in [4.78, 5) is 11.3. The Morgan fingerprint density at radius 2 is 1.84 bits per heavy atom. The van der Waals surface area contributed by atoms with Gasteiger partial charge in [-0.25, -0.2) is 4.52 Å². The Morgan fingerprint density at radius 1 is 1.06 bits per heavy atom. The van der Waals surface area contributed by atoms with E-state index in [0.29, 0.717) is 28.2 Å². The fourth-order valence-electron chi connectivity index (χ4n) is 3.52. The van der Waals surface area contributed by atoms with Crippen molar-refractivity contribution in [1.29, 1.82) is 5.26 Å². The highest BCUT2D eigenvalue weighted by Gasteiger charge is 2.24. The van der Waals surface area contributed by atoms with E-state index in [-0.39, 0.29) is 5.57 Å². The molecule has 0 bridgehead atoms. The number of benzene rings is 1. The Balaban J connectivity index is 1.55. The number of fused-ring (bicyclic) bond motifs is 1. The summed E-state index contributed by atoms with van der Waals surface area (Å²) < 4.78 is 3.68. The number of nitriles is 1. The third kappa shape index (κ3) is 3.53. The molecule has 0 unspecified atom stereocenters. The predicted octanol–water partition coefficient (Wildman–Crippen LogP) is 3.30. The number of pyridine rings is 1. The molecule has 0 spiro atoms. The third-order valence-corrected chi connectivity index (χ3v) is 5.46. The van der Waals surface area contributed by atoms with Crippen LogP contribution in [-0.2, 0) is 4.79 Å². The summed E-state index contributed by atoms with van der Waals surface area (Å²) in [6.07, 6.45) is 9.63. The van der Waals surface area contributed by atoms with Crippen molar-refractivity contribution in [3.8, 4) is 29.0 Å². The van der Waals surface area contributed by atoms with E-state index in [1.807, 2.05) is 29.3 Å². The first-order valence-electron chi connectivity index (χ1n) is 10.1. The molecule has 7 nitrogen and oxygen atoms in total. The summed E-state index contributed by atoms with van der Waals surface area (Å²) in [7, 11) is 0. The summed E-state index contributed by atoms with van der Waals surface area (Å²) in [5, 5.41) is 18.3. The van der Waals surface area contributed by atoms with E-state index < -0.39 is 5.91 Å². The molecule has 1 amide bonds. The highest BCUT2D eigenvalue weighted by molar-refractivity contribution is 6.17. The quantitative estimate of drug-likeness (QED) is 0.406. The van der Waals surface area contributed by atoms with Crippen LogP contribution in [0, 0.1) is 23.2 Å². The zero-order valence-electron chi connectivity index (χ0n) is 17.1. The molecule has 1 aliphatic carbocycles. The number of carbonyl (C=O) groups excluding carboxylic acids is 1. The second-order valence-corrected chi connectivity index (χ2v) is 7.72. The van der Waals surface area contributed by atoms with Crippen LogP contribution in [0.1, 0.15) is 41.1 Å². The lowest BCUT2D eigenvalue weighted by Crippen LogP contribution is -2.11. The van der Waals surface area contributed by atoms with Crippen molar-refractivity contribution in [3.05, 3.63) is 84.0 Å². The Labute approximate surface area is 184 Å². The van der Waals surface area contributed by atoms with Gasteiger partial charge in [0.1, 0.15) is 6.07 Å². The molecular weight excluding hydrogens is 400 g/mol. The van der Waals surface area contributed by atoms with E-state index in [2.05, 4.69) is 34.7 Å². The van der Waals surface area contributed by atoms with Crippen molar-refractivity contribution in [2.24, 2.45) is 5.73 Å². The van der Waals surface area contributed by atoms with Gasteiger partial charge < -0.3 is 5.73 Å². The molecule has 1 saturated carbocycles. The minimum absolute atomic E-state index is 0.253. The number of hydrogen-bond donors (Lipinski definition) is 1. The number of amides is 1. The fourth-order valence-corrected chi connectivity index (χ4v) is 3.52. The van der Waals surface area contributed by atoms with Gasteiger partial charge in [-0.2, -0.15) is 15.5 Å². The average molecular weight is 418 g/mol.